The molecule has 1 aliphatic rings. The molecular formula is C14H22N2O. The van der Waals surface area contributed by atoms with Gasteiger partial charge < -0.3 is 10.8 Å². The number of likely N-dealkylation sites (tertiary alicyclic amines) is 1. The lowest BCUT2D eigenvalue weighted by atomic mass is 9.99. The third-order valence-corrected chi connectivity index (χ3v) is 3.60. The second-order valence-corrected chi connectivity index (χ2v) is 5.08. The zero-order chi connectivity index (χ0) is 12.4. The minimum absolute atomic E-state index is 0.126. The van der Waals surface area contributed by atoms with E-state index in [0.29, 0.717) is 12.6 Å². The van der Waals surface area contributed by atoms with Crippen molar-refractivity contribution in [1.29, 1.82) is 0 Å². The highest BCUT2D eigenvalue weighted by Crippen LogP contribution is 2.34. The van der Waals surface area contributed by atoms with Gasteiger partial charge in [-0.25, -0.2) is 0 Å². The molecule has 2 atom stereocenters. The summed E-state index contributed by atoms with van der Waals surface area (Å²) in [6.45, 7) is 5.88. The lowest BCUT2D eigenvalue weighted by molar-refractivity contribution is 0.101. The highest BCUT2D eigenvalue weighted by molar-refractivity contribution is 5.27. The van der Waals surface area contributed by atoms with Crippen LogP contribution < -0.4 is 5.73 Å². The summed E-state index contributed by atoms with van der Waals surface area (Å²) in [4.78, 5) is 2.36. The number of nitrogens with zero attached hydrogens (tertiary/aromatic N) is 1. The first-order valence-electron chi connectivity index (χ1n) is 6.36. The molecule has 17 heavy (non-hydrogen) atoms. The fourth-order valence-electron chi connectivity index (χ4n) is 2.70. The van der Waals surface area contributed by atoms with Crippen molar-refractivity contribution in [2.24, 2.45) is 5.73 Å². The molecule has 0 amide bonds. The summed E-state index contributed by atoms with van der Waals surface area (Å²) in [5.41, 5.74) is 7.99. The summed E-state index contributed by atoms with van der Waals surface area (Å²) in [7, 11) is 0. The standard InChI is InChI=1S/C14H22N2O/c1-10(2)16-7-6-13(17)14(16)12-5-3-4-11(8-12)9-15/h3-5,8,10,13-14,17H,6-7,9,15H2,1-2H3. The van der Waals surface area contributed by atoms with Crippen LogP contribution >= 0.6 is 0 Å². The van der Waals surface area contributed by atoms with Gasteiger partial charge in [0, 0.05) is 19.1 Å². The van der Waals surface area contributed by atoms with E-state index in [0.717, 1.165) is 18.5 Å². The quantitative estimate of drug-likeness (QED) is 0.836. The molecule has 1 aromatic rings. The fraction of sp³-hybridized carbons (Fsp3) is 0.571. The predicted octanol–water partition coefficient (Wildman–Crippen LogP) is 1.66. The Morgan fingerprint density at radius 1 is 1.47 bits per heavy atom. The maximum atomic E-state index is 10.2. The SMILES string of the molecule is CC(C)N1CCC(O)C1c1cccc(CN)c1. The van der Waals surface area contributed by atoms with Crippen LogP contribution in [0.2, 0.25) is 0 Å². The number of hydrogen-bond acceptors (Lipinski definition) is 3. The Morgan fingerprint density at radius 2 is 2.24 bits per heavy atom. The number of nitrogens with two attached hydrogens (primary N) is 1. The summed E-state index contributed by atoms with van der Waals surface area (Å²) >= 11 is 0. The van der Waals surface area contributed by atoms with Crippen LogP contribution in [-0.2, 0) is 6.54 Å². The molecule has 0 aromatic heterocycles. The second kappa shape index (κ2) is 5.17. The Hall–Kier alpha value is -0.900. The molecule has 94 valence electrons. The lowest BCUT2D eigenvalue weighted by Gasteiger charge is -2.30. The maximum Gasteiger partial charge on any atom is 0.0749 e. The van der Waals surface area contributed by atoms with E-state index >= 15 is 0 Å². The van der Waals surface area contributed by atoms with E-state index in [9.17, 15) is 5.11 Å². The molecule has 0 aliphatic carbocycles. The van der Waals surface area contributed by atoms with E-state index in [-0.39, 0.29) is 12.1 Å². The molecule has 0 spiro atoms. The topological polar surface area (TPSA) is 49.5 Å². The highest BCUT2D eigenvalue weighted by atomic mass is 16.3. The first-order chi connectivity index (χ1) is 8.13. The van der Waals surface area contributed by atoms with Crippen molar-refractivity contribution in [2.45, 2.75) is 45.0 Å². The molecule has 3 N–H and O–H groups in total. The second-order valence-electron chi connectivity index (χ2n) is 5.08. The van der Waals surface area contributed by atoms with Gasteiger partial charge in [-0.1, -0.05) is 24.3 Å². The van der Waals surface area contributed by atoms with E-state index in [4.69, 9.17) is 5.73 Å². The Kier molecular flexibility index (Phi) is 3.82. The maximum absolute atomic E-state index is 10.2. The zero-order valence-electron chi connectivity index (χ0n) is 10.6. The van der Waals surface area contributed by atoms with Crippen LogP contribution in [0.3, 0.4) is 0 Å². The normalized spacial score (nSPS) is 25.7. The molecule has 1 aliphatic heterocycles. The number of rotatable bonds is 3. The van der Waals surface area contributed by atoms with E-state index in [1.807, 2.05) is 12.1 Å². The van der Waals surface area contributed by atoms with Gasteiger partial charge in [-0.3, -0.25) is 4.90 Å². The average Bonchev–Trinajstić information content (AvgIpc) is 2.71. The minimum Gasteiger partial charge on any atom is -0.391 e. The Balaban J connectivity index is 2.29. The number of aliphatic hydroxyl groups is 1. The van der Waals surface area contributed by atoms with Gasteiger partial charge in [-0.2, -0.15) is 0 Å². The van der Waals surface area contributed by atoms with Crippen molar-refractivity contribution in [3.8, 4) is 0 Å². The van der Waals surface area contributed by atoms with Crippen molar-refractivity contribution >= 4 is 0 Å². The first-order valence-corrected chi connectivity index (χ1v) is 6.36. The molecule has 3 heteroatoms. The molecular weight excluding hydrogens is 212 g/mol. The lowest BCUT2D eigenvalue weighted by Crippen LogP contribution is -2.33. The summed E-state index contributed by atoms with van der Waals surface area (Å²) in [6.07, 6.45) is 0.598. The summed E-state index contributed by atoms with van der Waals surface area (Å²) in [6, 6.07) is 8.86. The molecule has 1 fully saturated rings. The molecule has 1 saturated heterocycles. The van der Waals surface area contributed by atoms with Gasteiger partial charge in [0.05, 0.1) is 12.1 Å². The van der Waals surface area contributed by atoms with Crippen LogP contribution in [0.4, 0.5) is 0 Å². The van der Waals surface area contributed by atoms with E-state index in [1.165, 1.54) is 5.56 Å². The van der Waals surface area contributed by atoms with Crippen LogP contribution in [0, 0.1) is 0 Å². The smallest absolute Gasteiger partial charge is 0.0749 e. The van der Waals surface area contributed by atoms with Gasteiger partial charge in [-0.05, 0) is 31.4 Å². The minimum atomic E-state index is -0.259. The van der Waals surface area contributed by atoms with Gasteiger partial charge in [-0.15, -0.1) is 0 Å². The third-order valence-electron chi connectivity index (χ3n) is 3.60. The molecule has 3 nitrogen and oxygen atoms in total. The average molecular weight is 234 g/mol. The van der Waals surface area contributed by atoms with Crippen LogP contribution in [0.5, 0.6) is 0 Å². The van der Waals surface area contributed by atoms with Crippen molar-refractivity contribution in [3.05, 3.63) is 35.4 Å². The summed E-state index contributed by atoms with van der Waals surface area (Å²) < 4.78 is 0. The third kappa shape index (κ3) is 2.51. The molecule has 0 saturated carbocycles. The molecule has 0 radical (unpaired) electrons. The number of aliphatic hydroxyl groups excluding tert-OH is 1. The molecule has 2 rings (SSSR count). The van der Waals surface area contributed by atoms with Gasteiger partial charge in [0.25, 0.3) is 0 Å². The van der Waals surface area contributed by atoms with E-state index < -0.39 is 0 Å². The largest absolute Gasteiger partial charge is 0.391 e. The monoisotopic (exact) mass is 234 g/mol. The van der Waals surface area contributed by atoms with Crippen molar-refractivity contribution in [2.75, 3.05) is 6.54 Å². The van der Waals surface area contributed by atoms with Gasteiger partial charge >= 0.3 is 0 Å². The van der Waals surface area contributed by atoms with Gasteiger partial charge in [0.2, 0.25) is 0 Å². The van der Waals surface area contributed by atoms with Crippen molar-refractivity contribution in [3.63, 3.8) is 0 Å². The Bertz CT molecular complexity index is 378. The zero-order valence-corrected chi connectivity index (χ0v) is 10.6. The van der Waals surface area contributed by atoms with Crippen LogP contribution in [0.25, 0.3) is 0 Å². The molecule has 0 bridgehead atoms. The van der Waals surface area contributed by atoms with Gasteiger partial charge in [0.1, 0.15) is 0 Å². The molecule has 2 unspecified atom stereocenters. The Morgan fingerprint density at radius 3 is 2.88 bits per heavy atom. The van der Waals surface area contributed by atoms with Crippen LogP contribution in [0.1, 0.15) is 37.4 Å². The first kappa shape index (κ1) is 12.6. The predicted molar refractivity (Wildman–Crippen MR) is 69.5 cm³/mol. The van der Waals surface area contributed by atoms with Crippen molar-refractivity contribution < 1.29 is 5.11 Å². The van der Waals surface area contributed by atoms with Crippen molar-refractivity contribution in [1.82, 2.24) is 4.90 Å². The van der Waals surface area contributed by atoms with E-state index in [1.54, 1.807) is 0 Å². The van der Waals surface area contributed by atoms with Crippen LogP contribution in [-0.4, -0.2) is 28.7 Å². The fourth-order valence-corrected chi connectivity index (χ4v) is 2.70. The summed E-state index contributed by atoms with van der Waals surface area (Å²) in [5.74, 6) is 0. The summed E-state index contributed by atoms with van der Waals surface area (Å²) in [5, 5.41) is 10.2. The van der Waals surface area contributed by atoms with E-state index in [2.05, 4.69) is 30.9 Å². The number of benzene rings is 1. The molecule has 1 aromatic carbocycles. The number of hydrogen-bond donors (Lipinski definition) is 2. The molecule has 1 heterocycles. The van der Waals surface area contributed by atoms with Crippen LogP contribution in [0.15, 0.2) is 24.3 Å². The highest BCUT2D eigenvalue weighted by Gasteiger charge is 2.35. The van der Waals surface area contributed by atoms with Gasteiger partial charge in [0.15, 0.2) is 0 Å². The Labute approximate surface area is 103 Å².